The fraction of sp³-hybridized carbons (Fsp3) is 0.412. The van der Waals surface area contributed by atoms with Crippen molar-refractivity contribution in [3.8, 4) is 0 Å². The van der Waals surface area contributed by atoms with Crippen molar-refractivity contribution in [2.75, 3.05) is 12.8 Å². The third-order valence-corrected chi connectivity index (χ3v) is 6.67. The Bertz CT molecular complexity index is 1020. The Kier molecular flexibility index (Phi) is 5.40. The molecule has 1 unspecified atom stereocenters. The van der Waals surface area contributed by atoms with Gasteiger partial charge in [-0.3, -0.25) is 4.79 Å². The highest BCUT2D eigenvalue weighted by atomic mass is 32.2. The molecule has 1 aliphatic heterocycles. The smallest absolute Gasteiger partial charge is 0.266 e. The van der Waals surface area contributed by atoms with Crippen LogP contribution in [0.4, 0.5) is 4.39 Å². The van der Waals surface area contributed by atoms with Gasteiger partial charge in [-0.1, -0.05) is 29.9 Å². The number of rotatable bonds is 4. The minimum Gasteiger partial charge on any atom is -0.310 e. The monoisotopic (exact) mass is 397 g/mol. The van der Waals surface area contributed by atoms with Crippen molar-refractivity contribution in [2.24, 2.45) is 4.99 Å². The second-order valence-corrected chi connectivity index (χ2v) is 9.15. The van der Waals surface area contributed by atoms with Crippen molar-refractivity contribution in [3.05, 3.63) is 41.5 Å². The van der Waals surface area contributed by atoms with E-state index >= 15 is 0 Å². The van der Waals surface area contributed by atoms with Gasteiger partial charge in [-0.25, -0.2) is 12.8 Å². The van der Waals surface area contributed by atoms with Gasteiger partial charge in [-0.15, -0.1) is 6.58 Å². The van der Waals surface area contributed by atoms with E-state index in [9.17, 15) is 17.6 Å². The Morgan fingerprint density at radius 1 is 1.46 bits per heavy atom. The highest BCUT2D eigenvalue weighted by Crippen LogP contribution is 2.22. The van der Waals surface area contributed by atoms with E-state index in [2.05, 4.69) is 11.6 Å². The van der Waals surface area contributed by atoms with E-state index in [4.69, 9.17) is 0 Å². The second-order valence-electron chi connectivity index (χ2n) is 6.21. The number of halogens is 1. The zero-order valence-electron chi connectivity index (χ0n) is 14.4. The summed E-state index contributed by atoms with van der Waals surface area (Å²) in [7, 11) is -3.49. The van der Waals surface area contributed by atoms with Crippen LogP contribution in [0.3, 0.4) is 0 Å². The molecule has 1 saturated heterocycles. The van der Waals surface area contributed by atoms with E-state index in [0.717, 1.165) is 19.1 Å². The highest BCUT2D eigenvalue weighted by Gasteiger charge is 2.34. The Morgan fingerprint density at radius 2 is 2.23 bits per heavy atom. The molecular weight excluding hydrogens is 377 g/mol. The number of hydrogen-bond donors (Lipinski definition) is 0. The van der Waals surface area contributed by atoms with Crippen LogP contribution in [0.25, 0.3) is 10.2 Å². The first-order chi connectivity index (χ1) is 12.3. The van der Waals surface area contributed by atoms with Crippen LogP contribution in [-0.2, 0) is 21.4 Å². The molecule has 1 amide bonds. The number of thiazole rings is 1. The van der Waals surface area contributed by atoms with Gasteiger partial charge >= 0.3 is 0 Å². The molecule has 0 bridgehead atoms. The van der Waals surface area contributed by atoms with Crippen LogP contribution in [0, 0.1) is 5.82 Å². The molecule has 1 atom stereocenters. The number of aromatic nitrogens is 1. The van der Waals surface area contributed by atoms with Crippen LogP contribution < -0.4 is 4.80 Å². The standard InChI is InChI=1S/C17H20FN3O3S2/c1-3-10-20-15-12(18)7-6-9-14(15)25-17(20)19-16(22)13-8-4-5-11-21(13)26(2,23)24/h3,6-7,9,13H,1,4-5,8,10-11H2,2H3. The third-order valence-electron chi connectivity index (χ3n) is 4.33. The molecule has 1 aromatic heterocycles. The Balaban J connectivity index is 2.09. The summed E-state index contributed by atoms with van der Waals surface area (Å²) in [6, 6.07) is 3.92. The molecule has 3 rings (SSSR count). The minimum absolute atomic E-state index is 0.299. The molecule has 1 aliphatic rings. The number of allylic oxidation sites excluding steroid dienone is 1. The average Bonchev–Trinajstić information content (AvgIpc) is 2.93. The normalized spacial score (nSPS) is 19.8. The molecule has 0 radical (unpaired) electrons. The third kappa shape index (κ3) is 3.65. The molecule has 0 saturated carbocycles. The maximum atomic E-state index is 14.2. The van der Waals surface area contributed by atoms with Gasteiger partial charge in [0.1, 0.15) is 11.9 Å². The van der Waals surface area contributed by atoms with Crippen LogP contribution in [0.1, 0.15) is 19.3 Å². The van der Waals surface area contributed by atoms with Crippen molar-refractivity contribution >= 4 is 37.5 Å². The van der Waals surface area contributed by atoms with E-state index in [1.165, 1.54) is 21.7 Å². The first-order valence-electron chi connectivity index (χ1n) is 8.27. The summed E-state index contributed by atoms with van der Waals surface area (Å²) in [5.41, 5.74) is 0.368. The fourth-order valence-corrected chi connectivity index (χ4v) is 5.37. The molecule has 6 nitrogen and oxygen atoms in total. The van der Waals surface area contributed by atoms with E-state index in [1.807, 2.05) is 0 Å². The number of amides is 1. The largest absolute Gasteiger partial charge is 0.310 e. The van der Waals surface area contributed by atoms with Gasteiger partial charge in [-0.05, 0) is 25.0 Å². The maximum absolute atomic E-state index is 14.2. The summed E-state index contributed by atoms with van der Waals surface area (Å²) >= 11 is 1.20. The van der Waals surface area contributed by atoms with Crippen LogP contribution in [0.15, 0.2) is 35.8 Å². The number of sulfonamides is 1. The Labute approximate surface area is 155 Å². The van der Waals surface area contributed by atoms with Gasteiger partial charge in [0.25, 0.3) is 5.91 Å². The summed E-state index contributed by atoms with van der Waals surface area (Å²) in [6.07, 6.45) is 4.64. The number of carbonyl (C=O) groups is 1. The van der Waals surface area contributed by atoms with Crippen molar-refractivity contribution in [1.82, 2.24) is 8.87 Å². The number of nitrogens with zero attached hydrogens (tertiary/aromatic N) is 3. The Morgan fingerprint density at radius 3 is 2.92 bits per heavy atom. The summed E-state index contributed by atoms with van der Waals surface area (Å²) < 4.78 is 41.7. The molecule has 26 heavy (non-hydrogen) atoms. The van der Waals surface area contributed by atoms with E-state index in [1.54, 1.807) is 22.8 Å². The van der Waals surface area contributed by atoms with Crippen LogP contribution in [-0.4, -0.2) is 42.0 Å². The number of hydrogen-bond acceptors (Lipinski definition) is 4. The highest BCUT2D eigenvalue weighted by molar-refractivity contribution is 7.88. The molecule has 2 heterocycles. The molecule has 140 valence electrons. The molecule has 2 aromatic rings. The van der Waals surface area contributed by atoms with Gasteiger partial charge in [-0.2, -0.15) is 9.30 Å². The minimum atomic E-state index is -3.49. The quantitative estimate of drug-likeness (QED) is 0.743. The first-order valence-corrected chi connectivity index (χ1v) is 10.9. The maximum Gasteiger partial charge on any atom is 0.266 e. The lowest BCUT2D eigenvalue weighted by molar-refractivity contribution is -0.122. The van der Waals surface area contributed by atoms with E-state index in [-0.39, 0.29) is 0 Å². The van der Waals surface area contributed by atoms with E-state index < -0.39 is 27.8 Å². The number of carbonyl (C=O) groups excluding carboxylic acids is 1. The first kappa shape index (κ1) is 18.9. The van der Waals surface area contributed by atoms with Gasteiger partial charge in [0, 0.05) is 13.1 Å². The summed E-state index contributed by atoms with van der Waals surface area (Å²) in [4.78, 5) is 17.3. The van der Waals surface area contributed by atoms with Crippen molar-refractivity contribution in [1.29, 1.82) is 0 Å². The van der Waals surface area contributed by atoms with Crippen molar-refractivity contribution in [2.45, 2.75) is 31.8 Å². The van der Waals surface area contributed by atoms with Crippen molar-refractivity contribution in [3.63, 3.8) is 0 Å². The molecular formula is C17H20FN3O3S2. The lowest BCUT2D eigenvalue weighted by atomic mass is 10.0. The van der Waals surface area contributed by atoms with Crippen molar-refractivity contribution < 1.29 is 17.6 Å². The summed E-state index contributed by atoms with van der Waals surface area (Å²) in [5, 5.41) is 0. The number of para-hydroxylation sites is 1. The lowest BCUT2D eigenvalue weighted by Gasteiger charge is -2.31. The molecule has 1 fully saturated rings. The van der Waals surface area contributed by atoms with Crippen LogP contribution in [0.5, 0.6) is 0 Å². The topological polar surface area (TPSA) is 71.7 Å². The van der Waals surface area contributed by atoms with Crippen LogP contribution >= 0.6 is 11.3 Å². The molecule has 0 aliphatic carbocycles. The fourth-order valence-electron chi connectivity index (χ4n) is 3.19. The summed E-state index contributed by atoms with van der Waals surface area (Å²) in [6.45, 7) is 4.29. The summed E-state index contributed by atoms with van der Waals surface area (Å²) in [5.74, 6) is -0.912. The van der Waals surface area contributed by atoms with E-state index in [0.29, 0.717) is 34.5 Å². The van der Waals surface area contributed by atoms with Gasteiger partial charge in [0.2, 0.25) is 10.0 Å². The van der Waals surface area contributed by atoms with Gasteiger partial charge in [0.05, 0.1) is 16.5 Å². The molecule has 9 heteroatoms. The average molecular weight is 397 g/mol. The Hall–Kier alpha value is -1.84. The van der Waals surface area contributed by atoms with Gasteiger partial charge in [0.15, 0.2) is 4.80 Å². The number of fused-ring (bicyclic) bond motifs is 1. The molecule has 0 spiro atoms. The number of piperidine rings is 1. The van der Waals surface area contributed by atoms with Gasteiger partial charge < -0.3 is 4.57 Å². The number of benzene rings is 1. The SMILES string of the molecule is C=CCn1c(=NC(=O)C2CCCCN2S(C)(=O)=O)sc2cccc(F)c21. The predicted molar refractivity (Wildman–Crippen MR) is 99.7 cm³/mol. The lowest BCUT2D eigenvalue weighted by Crippen LogP contribution is -2.47. The molecule has 1 aromatic carbocycles. The van der Waals surface area contributed by atoms with Crippen LogP contribution in [0.2, 0.25) is 0 Å². The second kappa shape index (κ2) is 7.42. The zero-order valence-corrected chi connectivity index (χ0v) is 16.0. The zero-order chi connectivity index (χ0) is 18.9. The predicted octanol–water partition coefficient (Wildman–Crippen LogP) is 2.27. The molecule has 0 N–H and O–H groups in total.